The number of nitrogens with zero attached hydrogens (tertiary/aromatic N) is 2. The molecule has 0 saturated carbocycles. The van der Waals surface area contributed by atoms with Crippen molar-refractivity contribution in [1.82, 2.24) is 4.98 Å². The number of halogens is 2. The summed E-state index contributed by atoms with van der Waals surface area (Å²) >= 11 is 5.77. The summed E-state index contributed by atoms with van der Waals surface area (Å²) in [5, 5.41) is 8.98. The minimum atomic E-state index is -0.473. The Morgan fingerprint density at radius 3 is 2.84 bits per heavy atom. The second-order valence-corrected chi connectivity index (χ2v) is 4.35. The monoisotopic (exact) mass is 276 g/mol. The highest BCUT2D eigenvalue weighted by molar-refractivity contribution is 6.29. The predicted molar refractivity (Wildman–Crippen MR) is 69.4 cm³/mol. The molecular weight excluding hydrogens is 267 g/mol. The Labute approximate surface area is 115 Å². The molecule has 0 spiro atoms. The molecule has 1 aromatic carbocycles. The first-order valence-electron chi connectivity index (χ1n) is 5.54. The van der Waals surface area contributed by atoms with Crippen LogP contribution in [-0.2, 0) is 6.61 Å². The Kier molecular flexibility index (Phi) is 3.98. The molecule has 3 nitrogen and oxygen atoms in total. The van der Waals surface area contributed by atoms with Crippen LogP contribution in [0.4, 0.5) is 4.39 Å². The third-order valence-corrected chi connectivity index (χ3v) is 2.77. The fourth-order valence-corrected chi connectivity index (χ4v) is 1.65. The first-order chi connectivity index (χ1) is 9.10. The SMILES string of the molecule is Cc1ccc(Cl)nc1OCc1ccc(C#N)cc1F. The van der Waals surface area contributed by atoms with E-state index in [0.717, 1.165) is 5.56 Å². The molecule has 0 atom stereocenters. The molecule has 0 saturated heterocycles. The van der Waals surface area contributed by atoms with Crippen molar-refractivity contribution in [1.29, 1.82) is 5.26 Å². The summed E-state index contributed by atoms with van der Waals surface area (Å²) in [6, 6.07) is 9.55. The van der Waals surface area contributed by atoms with Gasteiger partial charge >= 0.3 is 0 Å². The van der Waals surface area contributed by atoms with E-state index in [0.29, 0.717) is 16.6 Å². The molecule has 96 valence electrons. The van der Waals surface area contributed by atoms with Crippen molar-refractivity contribution in [3.05, 3.63) is 58.0 Å². The third-order valence-electron chi connectivity index (χ3n) is 2.56. The van der Waals surface area contributed by atoms with Gasteiger partial charge in [-0.2, -0.15) is 5.26 Å². The van der Waals surface area contributed by atoms with Crippen molar-refractivity contribution < 1.29 is 9.13 Å². The largest absolute Gasteiger partial charge is 0.472 e. The van der Waals surface area contributed by atoms with Gasteiger partial charge in [0.05, 0.1) is 11.6 Å². The summed E-state index contributed by atoms with van der Waals surface area (Å²) in [4.78, 5) is 4.02. The maximum Gasteiger partial charge on any atom is 0.218 e. The van der Waals surface area contributed by atoms with Crippen LogP contribution < -0.4 is 4.74 Å². The van der Waals surface area contributed by atoms with Gasteiger partial charge < -0.3 is 4.74 Å². The number of benzene rings is 1. The predicted octanol–water partition coefficient (Wildman–Crippen LogP) is 3.63. The fourth-order valence-electron chi connectivity index (χ4n) is 1.51. The molecule has 19 heavy (non-hydrogen) atoms. The molecule has 0 N–H and O–H groups in total. The van der Waals surface area contributed by atoms with E-state index < -0.39 is 5.82 Å². The van der Waals surface area contributed by atoms with Gasteiger partial charge in [0.15, 0.2) is 0 Å². The molecule has 2 rings (SSSR count). The van der Waals surface area contributed by atoms with Crippen LogP contribution >= 0.6 is 11.6 Å². The van der Waals surface area contributed by atoms with Gasteiger partial charge in [-0.1, -0.05) is 23.7 Å². The van der Waals surface area contributed by atoms with E-state index in [1.165, 1.54) is 12.1 Å². The maximum absolute atomic E-state index is 13.6. The molecular formula is C14H10ClFN2O. The van der Waals surface area contributed by atoms with Gasteiger partial charge in [-0.15, -0.1) is 0 Å². The Bertz CT molecular complexity index is 652. The van der Waals surface area contributed by atoms with E-state index in [1.54, 1.807) is 18.2 Å². The minimum absolute atomic E-state index is 0.0335. The van der Waals surface area contributed by atoms with Crippen LogP contribution in [0.2, 0.25) is 5.15 Å². The lowest BCUT2D eigenvalue weighted by Gasteiger charge is -2.09. The summed E-state index contributed by atoms with van der Waals surface area (Å²) in [5.41, 5.74) is 1.46. The summed E-state index contributed by atoms with van der Waals surface area (Å²) in [6.07, 6.45) is 0. The second kappa shape index (κ2) is 5.68. The second-order valence-electron chi connectivity index (χ2n) is 3.96. The lowest BCUT2D eigenvalue weighted by molar-refractivity contribution is 0.286. The fraction of sp³-hybridized carbons (Fsp3) is 0.143. The van der Waals surface area contributed by atoms with E-state index in [1.807, 2.05) is 13.0 Å². The quantitative estimate of drug-likeness (QED) is 0.804. The molecule has 0 aliphatic heterocycles. The summed E-state index contributed by atoms with van der Waals surface area (Å²) in [5.74, 6) is -0.102. The Morgan fingerprint density at radius 1 is 1.37 bits per heavy atom. The molecule has 0 fully saturated rings. The van der Waals surface area contributed by atoms with Gasteiger partial charge in [0.1, 0.15) is 17.6 Å². The normalized spacial score (nSPS) is 10.0. The van der Waals surface area contributed by atoms with E-state index in [4.69, 9.17) is 21.6 Å². The first-order valence-corrected chi connectivity index (χ1v) is 5.92. The van der Waals surface area contributed by atoms with Gasteiger partial charge in [0.2, 0.25) is 5.88 Å². The van der Waals surface area contributed by atoms with Crippen LogP contribution in [0.15, 0.2) is 30.3 Å². The van der Waals surface area contributed by atoms with E-state index >= 15 is 0 Å². The molecule has 0 radical (unpaired) electrons. The molecule has 0 amide bonds. The number of aryl methyl sites for hydroxylation is 1. The molecule has 2 aromatic rings. The molecule has 0 aliphatic carbocycles. The molecule has 0 unspecified atom stereocenters. The highest BCUT2D eigenvalue weighted by atomic mass is 35.5. The average Bonchev–Trinajstić information content (AvgIpc) is 2.40. The number of hydrogen-bond donors (Lipinski definition) is 0. The lowest BCUT2D eigenvalue weighted by atomic mass is 10.1. The standard InChI is InChI=1S/C14H10ClFN2O/c1-9-2-5-13(15)18-14(9)19-8-11-4-3-10(7-17)6-12(11)16/h2-6H,8H2,1H3. The number of nitriles is 1. The zero-order valence-corrected chi connectivity index (χ0v) is 10.9. The van der Waals surface area contributed by atoms with Gasteiger partial charge in [-0.25, -0.2) is 9.37 Å². The van der Waals surface area contributed by atoms with Crippen LogP contribution in [0.1, 0.15) is 16.7 Å². The van der Waals surface area contributed by atoms with Crippen LogP contribution in [0, 0.1) is 24.1 Å². The summed E-state index contributed by atoms with van der Waals surface area (Å²) in [6.45, 7) is 1.86. The lowest BCUT2D eigenvalue weighted by Crippen LogP contribution is -2.01. The van der Waals surface area contributed by atoms with Crippen molar-refractivity contribution in [2.45, 2.75) is 13.5 Å². The van der Waals surface area contributed by atoms with Crippen LogP contribution in [0.25, 0.3) is 0 Å². The summed E-state index contributed by atoms with van der Waals surface area (Å²) < 4.78 is 19.1. The van der Waals surface area contributed by atoms with Gasteiger partial charge in [0, 0.05) is 11.1 Å². The zero-order chi connectivity index (χ0) is 13.8. The molecule has 5 heteroatoms. The zero-order valence-electron chi connectivity index (χ0n) is 10.2. The van der Waals surface area contributed by atoms with E-state index in [2.05, 4.69) is 4.98 Å². The number of rotatable bonds is 3. The van der Waals surface area contributed by atoms with E-state index in [9.17, 15) is 4.39 Å². The number of hydrogen-bond acceptors (Lipinski definition) is 3. The first kappa shape index (κ1) is 13.3. The van der Waals surface area contributed by atoms with Crippen molar-refractivity contribution in [3.8, 4) is 11.9 Å². The highest BCUT2D eigenvalue weighted by Gasteiger charge is 2.07. The third kappa shape index (κ3) is 3.21. The number of aromatic nitrogens is 1. The Morgan fingerprint density at radius 2 is 2.16 bits per heavy atom. The van der Waals surface area contributed by atoms with Crippen LogP contribution in [0.3, 0.4) is 0 Å². The van der Waals surface area contributed by atoms with Crippen molar-refractivity contribution in [2.75, 3.05) is 0 Å². The average molecular weight is 277 g/mol. The highest BCUT2D eigenvalue weighted by Crippen LogP contribution is 2.19. The van der Waals surface area contributed by atoms with Crippen molar-refractivity contribution in [3.63, 3.8) is 0 Å². The topological polar surface area (TPSA) is 45.9 Å². The van der Waals surface area contributed by atoms with Gasteiger partial charge in [-0.05, 0) is 25.1 Å². The van der Waals surface area contributed by atoms with Crippen LogP contribution in [0.5, 0.6) is 5.88 Å². The Balaban J connectivity index is 2.15. The van der Waals surface area contributed by atoms with Gasteiger partial charge in [-0.3, -0.25) is 0 Å². The number of ether oxygens (including phenoxy) is 1. The summed E-state index contributed by atoms with van der Waals surface area (Å²) in [7, 11) is 0. The van der Waals surface area contributed by atoms with Crippen molar-refractivity contribution in [2.24, 2.45) is 0 Å². The van der Waals surface area contributed by atoms with Gasteiger partial charge in [0.25, 0.3) is 0 Å². The molecule has 1 aromatic heterocycles. The maximum atomic E-state index is 13.6. The Hall–Kier alpha value is -2.12. The number of pyridine rings is 1. The van der Waals surface area contributed by atoms with E-state index in [-0.39, 0.29) is 12.2 Å². The molecule has 1 heterocycles. The van der Waals surface area contributed by atoms with Crippen molar-refractivity contribution >= 4 is 11.6 Å². The van der Waals surface area contributed by atoms with Crippen LogP contribution in [-0.4, -0.2) is 4.98 Å². The smallest absolute Gasteiger partial charge is 0.218 e. The molecule has 0 aliphatic rings. The molecule has 0 bridgehead atoms. The minimum Gasteiger partial charge on any atom is -0.472 e.